The zero-order valence-corrected chi connectivity index (χ0v) is 12.6. The summed E-state index contributed by atoms with van der Waals surface area (Å²) in [7, 11) is 1.67. The maximum absolute atomic E-state index is 10.8. The molecule has 0 saturated carbocycles. The van der Waals surface area contributed by atoms with Crippen molar-refractivity contribution in [1.29, 1.82) is 0 Å². The minimum atomic E-state index is -0.270. The second-order valence-corrected chi connectivity index (χ2v) is 5.51. The van der Waals surface area contributed by atoms with Gasteiger partial charge in [-0.15, -0.1) is 0 Å². The van der Waals surface area contributed by atoms with Gasteiger partial charge >= 0.3 is 0 Å². The molecule has 3 N–H and O–H groups in total. The summed E-state index contributed by atoms with van der Waals surface area (Å²) in [5.74, 6) is 0.593. The van der Waals surface area contributed by atoms with Crippen LogP contribution in [-0.4, -0.2) is 39.3 Å². The fourth-order valence-electron chi connectivity index (χ4n) is 2.81. The molecule has 2 rings (SSSR count). The topological polar surface area (TPSA) is 73.6 Å². The summed E-state index contributed by atoms with van der Waals surface area (Å²) in [6.07, 6.45) is 2.32. The molecule has 5 nitrogen and oxygen atoms in total. The number of nitrogens with two attached hydrogens (primary N) is 1. The lowest BCUT2D eigenvalue weighted by Gasteiger charge is -2.38. The SMILES string of the molecule is COc1ccc(C2(CNCCC(N)=O)CCOCC2)cc1. The molecular formula is C16H24N2O3. The van der Waals surface area contributed by atoms with Crippen molar-refractivity contribution < 1.29 is 14.3 Å². The predicted molar refractivity (Wildman–Crippen MR) is 81.4 cm³/mol. The number of hydrogen-bond donors (Lipinski definition) is 2. The van der Waals surface area contributed by atoms with Crippen molar-refractivity contribution in [2.24, 2.45) is 5.73 Å². The third-order valence-electron chi connectivity index (χ3n) is 4.16. The highest BCUT2D eigenvalue weighted by atomic mass is 16.5. The highest BCUT2D eigenvalue weighted by Gasteiger charge is 2.34. The Morgan fingerprint density at radius 2 is 2.00 bits per heavy atom. The lowest BCUT2D eigenvalue weighted by molar-refractivity contribution is -0.117. The molecule has 1 aliphatic heterocycles. The van der Waals surface area contributed by atoms with E-state index in [0.29, 0.717) is 13.0 Å². The minimum Gasteiger partial charge on any atom is -0.497 e. The van der Waals surface area contributed by atoms with Gasteiger partial charge in [-0.2, -0.15) is 0 Å². The van der Waals surface area contributed by atoms with Gasteiger partial charge in [-0.3, -0.25) is 4.79 Å². The van der Waals surface area contributed by atoms with Gasteiger partial charge in [0.2, 0.25) is 5.91 Å². The van der Waals surface area contributed by atoms with Crippen LogP contribution in [0.3, 0.4) is 0 Å². The number of methoxy groups -OCH3 is 1. The normalized spacial score (nSPS) is 17.4. The first-order valence-corrected chi connectivity index (χ1v) is 7.38. The number of benzene rings is 1. The van der Waals surface area contributed by atoms with E-state index < -0.39 is 0 Å². The van der Waals surface area contributed by atoms with Gasteiger partial charge in [0.15, 0.2) is 0 Å². The van der Waals surface area contributed by atoms with Crippen LogP contribution in [0.25, 0.3) is 0 Å². The maximum Gasteiger partial charge on any atom is 0.218 e. The summed E-state index contributed by atoms with van der Waals surface area (Å²) in [5.41, 5.74) is 6.52. The molecule has 1 saturated heterocycles. The lowest BCUT2D eigenvalue weighted by Crippen LogP contribution is -2.43. The number of nitrogens with one attached hydrogen (secondary N) is 1. The molecular weight excluding hydrogens is 268 g/mol. The molecule has 0 atom stereocenters. The first-order valence-electron chi connectivity index (χ1n) is 7.38. The van der Waals surface area contributed by atoms with Crippen LogP contribution in [-0.2, 0) is 14.9 Å². The molecule has 1 aromatic rings. The molecule has 1 heterocycles. The second-order valence-electron chi connectivity index (χ2n) is 5.51. The average molecular weight is 292 g/mol. The highest BCUT2D eigenvalue weighted by molar-refractivity contribution is 5.73. The smallest absolute Gasteiger partial charge is 0.218 e. The minimum absolute atomic E-state index is 0.0577. The molecule has 0 bridgehead atoms. The van der Waals surface area contributed by atoms with Gasteiger partial charge in [0.1, 0.15) is 5.75 Å². The summed E-state index contributed by atoms with van der Waals surface area (Å²) in [6.45, 7) is 2.98. The molecule has 116 valence electrons. The fraction of sp³-hybridized carbons (Fsp3) is 0.562. The van der Waals surface area contributed by atoms with Crippen LogP contribution in [0.2, 0.25) is 0 Å². The fourth-order valence-corrected chi connectivity index (χ4v) is 2.81. The monoisotopic (exact) mass is 292 g/mol. The number of rotatable bonds is 7. The van der Waals surface area contributed by atoms with E-state index >= 15 is 0 Å². The molecule has 1 amide bonds. The number of amides is 1. The summed E-state index contributed by atoms with van der Waals surface area (Å²) < 4.78 is 10.7. The molecule has 21 heavy (non-hydrogen) atoms. The Morgan fingerprint density at radius 1 is 1.33 bits per heavy atom. The van der Waals surface area contributed by atoms with Crippen molar-refractivity contribution in [2.45, 2.75) is 24.7 Å². The summed E-state index contributed by atoms with van der Waals surface area (Å²) in [6, 6.07) is 8.24. The van der Waals surface area contributed by atoms with Gasteiger partial charge in [-0.25, -0.2) is 0 Å². The third kappa shape index (κ3) is 4.19. The molecule has 1 aromatic carbocycles. The standard InChI is InChI=1S/C16H24N2O3/c1-20-14-4-2-13(3-5-14)16(7-10-21-11-8-16)12-18-9-6-15(17)19/h2-5,18H,6-12H2,1H3,(H2,17,19). The Hall–Kier alpha value is -1.59. The summed E-state index contributed by atoms with van der Waals surface area (Å²) in [5, 5.41) is 3.37. The van der Waals surface area contributed by atoms with Gasteiger partial charge in [0, 0.05) is 38.1 Å². The predicted octanol–water partition coefficient (Wildman–Crippen LogP) is 1.21. The van der Waals surface area contributed by atoms with Crippen molar-refractivity contribution in [3.63, 3.8) is 0 Å². The molecule has 0 radical (unpaired) electrons. The third-order valence-corrected chi connectivity index (χ3v) is 4.16. The van der Waals surface area contributed by atoms with E-state index in [9.17, 15) is 4.79 Å². The number of hydrogen-bond acceptors (Lipinski definition) is 4. The van der Waals surface area contributed by atoms with Crippen LogP contribution in [0.5, 0.6) is 5.75 Å². The van der Waals surface area contributed by atoms with E-state index in [2.05, 4.69) is 17.4 Å². The first kappa shape index (κ1) is 15.8. The van der Waals surface area contributed by atoms with E-state index in [-0.39, 0.29) is 11.3 Å². The zero-order valence-electron chi connectivity index (χ0n) is 12.6. The van der Waals surface area contributed by atoms with Crippen molar-refractivity contribution >= 4 is 5.91 Å². The maximum atomic E-state index is 10.8. The zero-order chi connectivity index (χ0) is 15.1. The summed E-state index contributed by atoms with van der Waals surface area (Å²) >= 11 is 0. The van der Waals surface area contributed by atoms with Crippen molar-refractivity contribution in [3.8, 4) is 5.75 Å². The highest BCUT2D eigenvalue weighted by Crippen LogP contribution is 2.35. The molecule has 1 fully saturated rings. The van der Waals surface area contributed by atoms with Gasteiger partial charge in [0.25, 0.3) is 0 Å². The van der Waals surface area contributed by atoms with E-state index in [0.717, 1.165) is 38.3 Å². The number of carbonyl (C=O) groups is 1. The van der Waals surface area contributed by atoms with Crippen LogP contribution in [0.4, 0.5) is 0 Å². The van der Waals surface area contributed by atoms with Gasteiger partial charge in [0.05, 0.1) is 7.11 Å². The van der Waals surface area contributed by atoms with Gasteiger partial charge in [-0.05, 0) is 30.5 Å². The Kier molecular flexibility index (Phi) is 5.59. The Labute approximate surface area is 125 Å². The van der Waals surface area contributed by atoms with Crippen LogP contribution in [0, 0.1) is 0 Å². The van der Waals surface area contributed by atoms with E-state index in [1.165, 1.54) is 5.56 Å². The molecule has 0 aliphatic carbocycles. The number of carbonyl (C=O) groups excluding carboxylic acids is 1. The van der Waals surface area contributed by atoms with Gasteiger partial charge in [-0.1, -0.05) is 12.1 Å². The van der Waals surface area contributed by atoms with Crippen molar-refractivity contribution in [3.05, 3.63) is 29.8 Å². The quantitative estimate of drug-likeness (QED) is 0.741. The van der Waals surface area contributed by atoms with Crippen LogP contribution < -0.4 is 15.8 Å². The molecule has 0 aromatic heterocycles. The molecule has 5 heteroatoms. The Balaban J connectivity index is 2.06. The van der Waals surface area contributed by atoms with Gasteiger partial charge < -0.3 is 20.5 Å². The van der Waals surface area contributed by atoms with Crippen molar-refractivity contribution in [2.75, 3.05) is 33.4 Å². The van der Waals surface area contributed by atoms with Crippen LogP contribution in [0.15, 0.2) is 24.3 Å². The van der Waals surface area contributed by atoms with E-state index in [4.69, 9.17) is 15.2 Å². The second kappa shape index (κ2) is 7.43. The van der Waals surface area contributed by atoms with E-state index in [1.807, 2.05) is 12.1 Å². The van der Waals surface area contributed by atoms with Crippen LogP contribution in [0.1, 0.15) is 24.8 Å². The lowest BCUT2D eigenvalue weighted by atomic mass is 9.74. The Bertz CT molecular complexity index is 453. The van der Waals surface area contributed by atoms with Crippen LogP contribution >= 0.6 is 0 Å². The summed E-state index contributed by atoms with van der Waals surface area (Å²) in [4.78, 5) is 10.8. The molecule has 1 aliphatic rings. The average Bonchev–Trinajstić information content (AvgIpc) is 2.52. The first-order chi connectivity index (χ1) is 10.2. The molecule has 0 unspecified atom stereocenters. The molecule has 0 spiro atoms. The largest absolute Gasteiger partial charge is 0.497 e. The number of primary amides is 1. The number of ether oxygens (including phenoxy) is 2. The Morgan fingerprint density at radius 3 is 2.57 bits per heavy atom. The van der Waals surface area contributed by atoms with Crippen molar-refractivity contribution in [1.82, 2.24) is 5.32 Å². The van der Waals surface area contributed by atoms with E-state index in [1.54, 1.807) is 7.11 Å².